The second kappa shape index (κ2) is 6.78. The predicted molar refractivity (Wildman–Crippen MR) is 74.0 cm³/mol. The zero-order chi connectivity index (χ0) is 14.6. The molecule has 2 amide bonds. The first-order valence-electron chi connectivity index (χ1n) is 7.13. The average Bonchev–Trinajstić information content (AvgIpc) is 2.38. The number of carbonyl (C=O) groups excluding carboxylic acids is 1. The molecule has 110 valence electrons. The number of likely N-dealkylation sites (tertiary alicyclic amines) is 1. The number of carboxylic acid groups (broad SMARTS) is 1. The third-order valence-corrected chi connectivity index (χ3v) is 4.19. The molecule has 0 aliphatic carbocycles. The molecule has 1 N–H and O–H groups in total. The van der Waals surface area contributed by atoms with Crippen LogP contribution in [0.25, 0.3) is 0 Å². The average molecular weight is 270 g/mol. The van der Waals surface area contributed by atoms with Crippen molar-refractivity contribution in [3.63, 3.8) is 0 Å². The van der Waals surface area contributed by atoms with E-state index >= 15 is 0 Å². The second-order valence-corrected chi connectivity index (χ2v) is 5.72. The van der Waals surface area contributed by atoms with Crippen molar-refractivity contribution < 1.29 is 14.7 Å². The summed E-state index contributed by atoms with van der Waals surface area (Å²) in [7, 11) is 1.58. The van der Waals surface area contributed by atoms with Gasteiger partial charge in [0.1, 0.15) is 6.04 Å². The Morgan fingerprint density at radius 2 is 1.84 bits per heavy atom. The largest absolute Gasteiger partial charge is 0.480 e. The minimum Gasteiger partial charge on any atom is -0.480 e. The molecule has 5 heteroatoms. The molecule has 1 aliphatic rings. The molecular weight excluding hydrogens is 244 g/mol. The highest BCUT2D eigenvalue weighted by Gasteiger charge is 2.31. The summed E-state index contributed by atoms with van der Waals surface area (Å²) < 4.78 is 0. The SMILES string of the molecule is CCC(C(=O)O)N(C)C(=O)N1CCC(C(C)C)CC1. The predicted octanol–water partition coefficient (Wildman–Crippen LogP) is 2.27. The molecule has 1 atom stereocenters. The molecule has 0 aromatic rings. The lowest BCUT2D eigenvalue weighted by molar-refractivity contribution is -0.142. The molecule has 0 aromatic carbocycles. The molecule has 1 fully saturated rings. The maximum absolute atomic E-state index is 12.3. The van der Waals surface area contributed by atoms with E-state index in [1.807, 2.05) is 0 Å². The third kappa shape index (κ3) is 3.85. The van der Waals surface area contributed by atoms with E-state index in [0.717, 1.165) is 25.9 Å². The van der Waals surface area contributed by atoms with Crippen molar-refractivity contribution in [3.8, 4) is 0 Å². The van der Waals surface area contributed by atoms with Gasteiger partial charge in [-0.3, -0.25) is 0 Å². The molecule has 1 rings (SSSR count). The smallest absolute Gasteiger partial charge is 0.326 e. The normalized spacial score (nSPS) is 18.5. The molecule has 1 aliphatic heterocycles. The fraction of sp³-hybridized carbons (Fsp3) is 0.857. The van der Waals surface area contributed by atoms with Gasteiger partial charge in [-0.1, -0.05) is 20.8 Å². The quantitative estimate of drug-likeness (QED) is 0.852. The molecule has 1 saturated heterocycles. The van der Waals surface area contributed by atoms with Crippen molar-refractivity contribution in [1.82, 2.24) is 9.80 Å². The molecule has 1 heterocycles. The number of hydrogen-bond donors (Lipinski definition) is 1. The summed E-state index contributed by atoms with van der Waals surface area (Å²) in [6, 6.07) is -0.883. The van der Waals surface area contributed by atoms with Crippen LogP contribution < -0.4 is 0 Å². The van der Waals surface area contributed by atoms with Crippen LogP contribution in [0.4, 0.5) is 4.79 Å². The summed E-state index contributed by atoms with van der Waals surface area (Å²) in [5.74, 6) is 0.392. The molecule has 1 unspecified atom stereocenters. The lowest BCUT2D eigenvalue weighted by Crippen LogP contribution is -2.51. The van der Waals surface area contributed by atoms with Crippen LogP contribution in [-0.4, -0.2) is 53.1 Å². The number of hydrogen-bond acceptors (Lipinski definition) is 2. The third-order valence-electron chi connectivity index (χ3n) is 4.19. The standard InChI is InChI=1S/C14H26N2O3/c1-5-12(13(17)18)15(4)14(19)16-8-6-11(7-9-16)10(2)3/h10-12H,5-9H2,1-4H3,(H,17,18). The Morgan fingerprint density at radius 1 is 1.32 bits per heavy atom. The van der Waals surface area contributed by atoms with Gasteiger partial charge < -0.3 is 14.9 Å². The number of amides is 2. The van der Waals surface area contributed by atoms with E-state index in [0.29, 0.717) is 18.3 Å². The Kier molecular flexibility index (Phi) is 5.63. The minimum absolute atomic E-state index is 0.156. The summed E-state index contributed by atoms with van der Waals surface area (Å²) in [4.78, 5) is 26.5. The number of nitrogens with zero attached hydrogens (tertiary/aromatic N) is 2. The molecular formula is C14H26N2O3. The molecule has 0 radical (unpaired) electrons. The van der Waals surface area contributed by atoms with Crippen LogP contribution in [0.3, 0.4) is 0 Å². The Morgan fingerprint density at radius 3 is 2.21 bits per heavy atom. The maximum Gasteiger partial charge on any atom is 0.326 e. The van der Waals surface area contributed by atoms with Crippen molar-refractivity contribution in [2.75, 3.05) is 20.1 Å². The summed E-state index contributed by atoms with van der Waals surface area (Å²) in [5.41, 5.74) is 0. The number of urea groups is 1. The van der Waals surface area contributed by atoms with Gasteiger partial charge in [0.15, 0.2) is 0 Å². The molecule has 5 nitrogen and oxygen atoms in total. The van der Waals surface area contributed by atoms with Crippen molar-refractivity contribution in [2.45, 2.75) is 46.1 Å². The van der Waals surface area contributed by atoms with Gasteiger partial charge >= 0.3 is 12.0 Å². The molecule has 19 heavy (non-hydrogen) atoms. The molecule has 0 spiro atoms. The summed E-state index contributed by atoms with van der Waals surface area (Å²) in [5, 5.41) is 9.09. The Labute approximate surface area is 115 Å². The van der Waals surface area contributed by atoms with Crippen LogP contribution in [0.15, 0.2) is 0 Å². The van der Waals surface area contributed by atoms with E-state index in [1.165, 1.54) is 4.90 Å². The highest BCUT2D eigenvalue weighted by atomic mass is 16.4. The zero-order valence-electron chi connectivity index (χ0n) is 12.4. The van der Waals surface area contributed by atoms with E-state index in [4.69, 9.17) is 5.11 Å². The lowest BCUT2D eigenvalue weighted by atomic mass is 9.87. The van der Waals surface area contributed by atoms with Gasteiger partial charge in [0.25, 0.3) is 0 Å². The van der Waals surface area contributed by atoms with Crippen molar-refractivity contribution in [2.24, 2.45) is 11.8 Å². The first kappa shape index (κ1) is 15.8. The maximum atomic E-state index is 12.3. The van der Waals surface area contributed by atoms with Gasteiger partial charge in [-0.15, -0.1) is 0 Å². The van der Waals surface area contributed by atoms with Crippen LogP contribution in [-0.2, 0) is 4.79 Å². The molecule has 0 bridgehead atoms. The fourth-order valence-electron chi connectivity index (χ4n) is 2.73. The number of piperidine rings is 1. The van der Waals surface area contributed by atoms with Gasteiger partial charge in [-0.2, -0.15) is 0 Å². The van der Waals surface area contributed by atoms with Gasteiger partial charge in [-0.25, -0.2) is 9.59 Å². The van der Waals surface area contributed by atoms with Gasteiger partial charge in [0.05, 0.1) is 0 Å². The fourth-order valence-corrected chi connectivity index (χ4v) is 2.73. The van der Waals surface area contributed by atoms with E-state index in [1.54, 1.807) is 18.9 Å². The van der Waals surface area contributed by atoms with Crippen LogP contribution >= 0.6 is 0 Å². The summed E-state index contributed by atoms with van der Waals surface area (Å²) in [6.45, 7) is 7.69. The van der Waals surface area contributed by atoms with Gasteiger partial charge in [-0.05, 0) is 31.1 Å². The first-order valence-corrected chi connectivity index (χ1v) is 7.13. The number of carboxylic acids is 1. The van der Waals surface area contributed by atoms with Crippen LogP contribution in [0.2, 0.25) is 0 Å². The monoisotopic (exact) mass is 270 g/mol. The highest BCUT2D eigenvalue weighted by Crippen LogP contribution is 2.25. The second-order valence-electron chi connectivity index (χ2n) is 5.72. The van der Waals surface area contributed by atoms with E-state index < -0.39 is 12.0 Å². The summed E-state index contributed by atoms with van der Waals surface area (Å²) >= 11 is 0. The van der Waals surface area contributed by atoms with Crippen molar-refractivity contribution in [3.05, 3.63) is 0 Å². The van der Waals surface area contributed by atoms with Crippen LogP contribution in [0.1, 0.15) is 40.0 Å². The highest BCUT2D eigenvalue weighted by molar-refractivity contribution is 5.82. The topological polar surface area (TPSA) is 60.9 Å². The van der Waals surface area contributed by atoms with E-state index in [2.05, 4.69) is 13.8 Å². The number of aliphatic carboxylic acids is 1. The zero-order valence-corrected chi connectivity index (χ0v) is 12.4. The van der Waals surface area contributed by atoms with Gasteiger partial charge in [0, 0.05) is 20.1 Å². The van der Waals surface area contributed by atoms with Gasteiger partial charge in [0.2, 0.25) is 0 Å². The van der Waals surface area contributed by atoms with Crippen molar-refractivity contribution in [1.29, 1.82) is 0 Å². The number of carbonyl (C=O) groups is 2. The Bertz CT molecular complexity index is 323. The number of likely N-dealkylation sites (N-methyl/N-ethyl adjacent to an activating group) is 1. The molecule has 0 aromatic heterocycles. The first-order chi connectivity index (χ1) is 8.88. The lowest BCUT2D eigenvalue weighted by Gasteiger charge is -2.37. The van der Waals surface area contributed by atoms with E-state index in [-0.39, 0.29) is 6.03 Å². The molecule has 0 saturated carbocycles. The Balaban J connectivity index is 2.57. The Hall–Kier alpha value is -1.26. The van der Waals surface area contributed by atoms with E-state index in [9.17, 15) is 9.59 Å². The van der Waals surface area contributed by atoms with Crippen LogP contribution in [0, 0.1) is 11.8 Å². The summed E-state index contributed by atoms with van der Waals surface area (Å²) in [6.07, 6.45) is 2.46. The van der Waals surface area contributed by atoms with Crippen LogP contribution in [0.5, 0.6) is 0 Å². The minimum atomic E-state index is -0.935. The number of rotatable bonds is 4. The van der Waals surface area contributed by atoms with Crippen molar-refractivity contribution >= 4 is 12.0 Å².